The Morgan fingerprint density at radius 2 is 1.71 bits per heavy atom. The fraction of sp³-hybridized carbons (Fsp3) is 0.417. The molecule has 2 aromatic carbocycles. The predicted molar refractivity (Wildman–Crippen MR) is 118 cm³/mol. The van der Waals surface area contributed by atoms with Crippen molar-refractivity contribution in [1.29, 1.82) is 0 Å². The lowest BCUT2D eigenvalue weighted by Gasteiger charge is -2.36. The minimum Gasteiger partial charge on any atom is -0.492 e. The number of rotatable bonds is 7. The van der Waals surface area contributed by atoms with Crippen LogP contribution in [0.2, 0.25) is 0 Å². The largest absolute Gasteiger partial charge is 0.492 e. The summed E-state index contributed by atoms with van der Waals surface area (Å²) in [4.78, 5) is 31.2. The number of hydrogen-bond donors (Lipinski definition) is 0. The number of carbonyl (C=O) groups excluding carboxylic acids is 2. The van der Waals surface area contributed by atoms with Crippen LogP contribution in [0.3, 0.4) is 0 Å². The lowest BCUT2D eigenvalue weighted by atomic mass is 10.1. The molecule has 0 N–H and O–H groups in total. The van der Waals surface area contributed by atoms with E-state index in [0.717, 1.165) is 31.1 Å². The molecule has 2 aromatic rings. The summed E-state index contributed by atoms with van der Waals surface area (Å²) in [6.45, 7) is 6.66. The Morgan fingerprint density at radius 3 is 2.48 bits per heavy atom. The van der Waals surface area contributed by atoms with Crippen LogP contribution in [-0.4, -0.2) is 73.6 Å². The van der Waals surface area contributed by atoms with Crippen molar-refractivity contribution in [3.8, 4) is 11.5 Å². The van der Waals surface area contributed by atoms with Crippen molar-refractivity contribution >= 4 is 17.5 Å². The highest BCUT2D eigenvalue weighted by Gasteiger charge is 2.32. The number of hydrogen-bond acceptors (Lipinski definition) is 5. The fourth-order valence-corrected chi connectivity index (χ4v) is 3.99. The van der Waals surface area contributed by atoms with E-state index < -0.39 is 6.10 Å². The molecule has 164 valence electrons. The summed E-state index contributed by atoms with van der Waals surface area (Å²) in [5.41, 5.74) is 0.738. The van der Waals surface area contributed by atoms with Gasteiger partial charge in [0.2, 0.25) is 5.91 Å². The molecule has 2 heterocycles. The number of fused-ring (bicyclic) bond motifs is 1. The van der Waals surface area contributed by atoms with Crippen LogP contribution in [0.25, 0.3) is 0 Å². The summed E-state index contributed by atoms with van der Waals surface area (Å²) in [6, 6.07) is 17.3. The molecule has 1 saturated heterocycles. The van der Waals surface area contributed by atoms with E-state index in [1.165, 1.54) is 0 Å². The lowest BCUT2D eigenvalue weighted by Crippen LogP contribution is -2.50. The molecular weight excluding hydrogens is 394 g/mol. The van der Waals surface area contributed by atoms with E-state index in [-0.39, 0.29) is 11.8 Å². The van der Waals surface area contributed by atoms with Crippen LogP contribution in [0.1, 0.15) is 13.3 Å². The van der Waals surface area contributed by atoms with Crippen molar-refractivity contribution in [1.82, 2.24) is 9.80 Å². The van der Waals surface area contributed by atoms with Gasteiger partial charge in [-0.15, -0.1) is 0 Å². The Balaban J connectivity index is 1.22. The maximum absolute atomic E-state index is 12.8. The molecule has 2 aliphatic rings. The molecule has 0 aromatic heterocycles. The minimum absolute atomic E-state index is 0.0876. The number of nitrogens with zero attached hydrogens (tertiary/aromatic N) is 3. The molecule has 0 spiro atoms. The van der Waals surface area contributed by atoms with E-state index in [9.17, 15) is 9.59 Å². The average molecular weight is 424 g/mol. The van der Waals surface area contributed by atoms with E-state index in [0.29, 0.717) is 38.4 Å². The van der Waals surface area contributed by atoms with Gasteiger partial charge in [-0.05, 0) is 31.2 Å². The van der Waals surface area contributed by atoms with E-state index in [4.69, 9.17) is 9.47 Å². The third-order valence-electron chi connectivity index (χ3n) is 5.77. The Kier molecular flexibility index (Phi) is 6.72. The zero-order valence-electron chi connectivity index (χ0n) is 17.9. The number of carbonyl (C=O) groups is 2. The summed E-state index contributed by atoms with van der Waals surface area (Å²) < 4.78 is 11.4. The summed E-state index contributed by atoms with van der Waals surface area (Å²) in [5, 5.41) is 0. The topological polar surface area (TPSA) is 62.3 Å². The molecule has 1 unspecified atom stereocenters. The van der Waals surface area contributed by atoms with Gasteiger partial charge >= 0.3 is 0 Å². The van der Waals surface area contributed by atoms with Gasteiger partial charge < -0.3 is 19.3 Å². The minimum atomic E-state index is -0.536. The van der Waals surface area contributed by atoms with Gasteiger partial charge in [0, 0.05) is 45.7 Å². The van der Waals surface area contributed by atoms with Gasteiger partial charge in [0.1, 0.15) is 18.1 Å². The first-order chi connectivity index (χ1) is 15.1. The standard InChI is InChI=1S/C24H29N3O4/c1-19-24(29)27(21-9-5-6-10-22(21)31-19)12-11-23(28)26-15-13-25(14-16-26)17-18-30-20-7-3-2-4-8-20/h2-10,19H,11-18H2,1H3. The number of para-hydroxylation sites is 3. The molecular formula is C24H29N3O4. The molecule has 0 saturated carbocycles. The van der Waals surface area contributed by atoms with Crippen LogP contribution in [0.5, 0.6) is 11.5 Å². The van der Waals surface area contributed by atoms with Gasteiger partial charge in [0.15, 0.2) is 6.10 Å². The number of anilines is 1. The van der Waals surface area contributed by atoms with Gasteiger partial charge in [0.05, 0.1) is 5.69 Å². The maximum atomic E-state index is 12.8. The smallest absolute Gasteiger partial charge is 0.267 e. The van der Waals surface area contributed by atoms with Crippen molar-refractivity contribution in [2.24, 2.45) is 0 Å². The van der Waals surface area contributed by atoms with Crippen molar-refractivity contribution in [3.05, 3.63) is 54.6 Å². The average Bonchev–Trinajstić information content (AvgIpc) is 2.80. The van der Waals surface area contributed by atoms with E-state index in [1.807, 2.05) is 59.5 Å². The van der Waals surface area contributed by atoms with Crippen molar-refractivity contribution < 1.29 is 19.1 Å². The van der Waals surface area contributed by atoms with Crippen LogP contribution < -0.4 is 14.4 Å². The second-order valence-electron chi connectivity index (χ2n) is 7.85. The van der Waals surface area contributed by atoms with Crippen LogP contribution in [0, 0.1) is 0 Å². The molecule has 2 amide bonds. The van der Waals surface area contributed by atoms with Crippen molar-refractivity contribution in [2.45, 2.75) is 19.4 Å². The highest BCUT2D eigenvalue weighted by molar-refractivity contribution is 6.00. The van der Waals surface area contributed by atoms with Crippen molar-refractivity contribution in [3.63, 3.8) is 0 Å². The summed E-state index contributed by atoms with van der Waals surface area (Å²) in [6.07, 6.45) is -0.226. The van der Waals surface area contributed by atoms with Gasteiger partial charge in [-0.1, -0.05) is 30.3 Å². The zero-order chi connectivity index (χ0) is 21.6. The van der Waals surface area contributed by atoms with Crippen LogP contribution >= 0.6 is 0 Å². The second kappa shape index (κ2) is 9.83. The molecule has 7 heteroatoms. The Bertz CT molecular complexity index is 897. The molecule has 4 rings (SSSR count). The van der Waals surface area contributed by atoms with E-state index >= 15 is 0 Å². The van der Waals surface area contributed by atoms with E-state index in [2.05, 4.69) is 4.90 Å². The van der Waals surface area contributed by atoms with Gasteiger partial charge in [0.25, 0.3) is 5.91 Å². The number of piperazine rings is 1. The van der Waals surface area contributed by atoms with Gasteiger partial charge in [-0.2, -0.15) is 0 Å². The summed E-state index contributed by atoms with van der Waals surface area (Å²) in [7, 11) is 0. The maximum Gasteiger partial charge on any atom is 0.267 e. The van der Waals surface area contributed by atoms with Gasteiger partial charge in [-0.3, -0.25) is 14.5 Å². The third-order valence-corrected chi connectivity index (χ3v) is 5.77. The molecule has 2 aliphatic heterocycles. The quantitative estimate of drug-likeness (QED) is 0.685. The normalized spacial score (nSPS) is 19.0. The molecule has 1 atom stereocenters. The molecule has 0 radical (unpaired) electrons. The Morgan fingerprint density at radius 1 is 1.00 bits per heavy atom. The number of amides is 2. The molecule has 31 heavy (non-hydrogen) atoms. The molecule has 7 nitrogen and oxygen atoms in total. The first-order valence-electron chi connectivity index (χ1n) is 10.9. The summed E-state index contributed by atoms with van der Waals surface area (Å²) >= 11 is 0. The third kappa shape index (κ3) is 5.17. The van der Waals surface area contributed by atoms with Crippen LogP contribution in [-0.2, 0) is 9.59 Å². The van der Waals surface area contributed by atoms with E-state index in [1.54, 1.807) is 11.8 Å². The Hall–Kier alpha value is -3.06. The first-order valence-corrected chi connectivity index (χ1v) is 10.9. The summed E-state index contributed by atoms with van der Waals surface area (Å²) in [5.74, 6) is 1.55. The molecule has 0 aliphatic carbocycles. The van der Waals surface area contributed by atoms with Crippen molar-refractivity contribution in [2.75, 3.05) is 50.8 Å². The zero-order valence-corrected chi connectivity index (χ0v) is 17.9. The Labute approximate surface area is 183 Å². The predicted octanol–water partition coefficient (Wildman–Crippen LogP) is 2.41. The fourth-order valence-electron chi connectivity index (χ4n) is 3.99. The van der Waals surface area contributed by atoms with Crippen LogP contribution in [0.4, 0.5) is 5.69 Å². The SMILES string of the molecule is CC1Oc2ccccc2N(CCC(=O)N2CCN(CCOc3ccccc3)CC2)C1=O. The van der Waals surface area contributed by atoms with Crippen LogP contribution in [0.15, 0.2) is 54.6 Å². The highest BCUT2D eigenvalue weighted by atomic mass is 16.5. The highest BCUT2D eigenvalue weighted by Crippen LogP contribution is 2.33. The molecule has 1 fully saturated rings. The lowest BCUT2D eigenvalue weighted by molar-refractivity contribution is -0.133. The first kappa shape index (κ1) is 21.2. The number of benzene rings is 2. The number of ether oxygens (including phenoxy) is 2. The monoisotopic (exact) mass is 423 g/mol. The van der Waals surface area contributed by atoms with Gasteiger partial charge in [-0.25, -0.2) is 0 Å². The second-order valence-corrected chi connectivity index (χ2v) is 7.85. The molecule has 0 bridgehead atoms.